The molecule has 0 aromatic rings. The van der Waals surface area contributed by atoms with Crippen molar-refractivity contribution in [2.75, 3.05) is 33.7 Å². The highest BCUT2D eigenvalue weighted by Crippen LogP contribution is 2.28. The van der Waals surface area contributed by atoms with E-state index >= 15 is 0 Å². The quantitative estimate of drug-likeness (QED) is 0.547. The van der Waals surface area contributed by atoms with Crippen LogP contribution in [0.1, 0.15) is 12.8 Å². The van der Waals surface area contributed by atoms with Gasteiger partial charge in [-0.3, -0.25) is 0 Å². The number of piperidine rings is 1. The Labute approximate surface area is 69.2 Å². The van der Waals surface area contributed by atoms with Crippen LogP contribution in [0.3, 0.4) is 0 Å². The van der Waals surface area contributed by atoms with Crippen molar-refractivity contribution in [3.8, 4) is 0 Å². The van der Waals surface area contributed by atoms with Crippen molar-refractivity contribution >= 4 is 0 Å². The fourth-order valence-corrected chi connectivity index (χ4v) is 2.40. The lowest BCUT2D eigenvalue weighted by molar-refractivity contribution is 0.149. The molecule has 64 valence electrons. The molecule has 0 N–H and O–H groups in total. The van der Waals surface area contributed by atoms with Crippen LogP contribution in [0.5, 0.6) is 0 Å². The predicted molar refractivity (Wildman–Crippen MR) is 46.6 cm³/mol. The Morgan fingerprint density at radius 2 is 2.09 bits per heavy atom. The third-order valence-corrected chi connectivity index (χ3v) is 3.17. The van der Waals surface area contributed by atoms with E-state index in [4.69, 9.17) is 0 Å². The summed E-state index contributed by atoms with van der Waals surface area (Å²) in [7, 11) is 4.41. The lowest BCUT2D eigenvalue weighted by Crippen LogP contribution is -2.44. The Balaban J connectivity index is 1.97. The van der Waals surface area contributed by atoms with E-state index in [0.29, 0.717) is 0 Å². The first-order valence-electron chi connectivity index (χ1n) is 4.64. The van der Waals surface area contributed by atoms with Crippen LogP contribution in [0.15, 0.2) is 0 Å². The van der Waals surface area contributed by atoms with Gasteiger partial charge in [-0.15, -0.1) is 0 Å². The van der Waals surface area contributed by atoms with Crippen LogP contribution < -0.4 is 0 Å². The zero-order chi connectivity index (χ0) is 7.84. The molecule has 2 heterocycles. The molecule has 2 heteroatoms. The Bertz CT molecular complexity index is 132. The molecule has 1 unspecified atom stereocenters. The van der Waals surface area contributed by atoms with Crippen molar-refractivity contribution in [1.29, 1.82) is 0 Å². The molecule has 2 bridgehead atoms. The van der Waals surface area contributed by atoms with E-state index in [9.17, 15) is 0 Å². The average molecular weight is 154 g/mol. The highest BCUT2D eigenvalue weighted by molar-refractivity contribution is 4.88. The maximum Gasteiger partial charge on any atom is 0.0220 e. The van der Waals surface area contributed by atoms with Crippen LogP contribution in [0, 0.1) is 5.92 Å². The van der Waals surface area contributed by atoms with Crippen molar-refractivity contribution < 1.29 is 0 Å². The molecule has 0 spiro atoms. The number of rotatable bonds is 1. The van der Waals surface area contributed by atoms with Gasteiger partial charge in [0.2, 0.25) is 0 Å². The molecule has 2 saturated heterocycles. The van der Waals surface area contributed by atoms with E-state index in [0.717, 1.165) is 12.0 Å². The summed E-state index contributed by atoms with van der Waals surface area (Å²) in [6.45, 7) is 4.04. The van der Waals surface area contributed by atoms with Gasteiger partial charge in [0.1, 0.15) is 0 Å². The monoisotopic (exact) mass is 154 g/mol. The molecule has 11 heavy (non-hydrogen) atoms. The van der Waals surface area contributed by atoms with E-state index in [1.165, 1.54) is 32.5 Å². The van der Waals surface area contributed by atoms with E-state index < -0.39 is 0 Å². The van der Waals surface area contributed by atoms with Crippen LogP contribution in [0.2, 0.25) is 0 Å². The SMILES string of the molecule is CN(C)C1C[C@@H]2CC[N@](C1)C2. The number of likely N-dealkylation sites (N-methyl/N-ethyl adjacent to an activating group) is 1. The third kappa shape index (κ3) is 1.42. The number of fused-ring (bicyclic) bond motifs is 2. The first-order valence-corrected chi connectivity index (χ1v) is 4.64. The molecule has 2 aliphatic heterocycles. The second-order valence-corrected chi connectivity index (χ2v) is 4.27. The summed E-state index contributed by atoms with van der Waals surface area (Å²) in [5, 5.41) is 0. The van der Waals surface area contributed by atoms with Crippen molar-refractivity contribution in [1.82, 2.24) is 9.80 Å². The highest BCUT2D eigenvalue weighted by atomic mass is 15.2. The molecule has 3 atom stereocenters. The standard InChI is InChI=1S/C9H18N2/c1-10(2)9-5-8-3-4-11(6-8)7-9/h8-9H,3-7H2,1-2H3/t8-,9?/m0/s1. The number of hydrogen-bond acceptors (Lipinski definition) is 2. The minimum absolute atomic E-state index is 0.830. The van der Waals surface area contributed by atoms with Gasteiger partial charge in [-0.1, -0.05) is 0 Å². The van der Waals surface area contributed by atoms with E-state index in [2.05, 4.69) is 23.9 Å². The predicted octanol–water partition coefficient (Wildman–Crippen LogP) is 0.642. The van der Waals surface area contributed by atoms with Crippen molar-refractivity contribution in [2.45, 2.75) is 18.9 Å². The zero-order valence-electron chi connectivity index (χ0n) is 7.58. The fraction of sp³-hybridized carbons (Fsp3) is 1.00. The minimum Gasteiger partial charge on any atom is -0.305 e. The Hall–Kier alpha value is -0.0800. The Morgan fingerprint density at radius 1 is 1.27 bits per heavy atom. The van der Waals surface area contributed by atoms with Gasteiger partial charge >= 0.3 is 0 Å². The van der Waals surface area contributed by atoms with Crippen LogP contribution in [-0.2, 0) is 0 Å². The Kier molecular flexibility index (Phi) is 1.90. The smallest absolute Gasteiger partial charge is 0.0220 e. The van der Waals surface area contributed by atoms with Crippen molar-refractivity contribution in [3.63, 3.8) is 0 Å². The number of hydrogen-bond donors (Lipinski definition) is 0. The van der Waals surface area contributed by atoms with Crippen molar-refractivity contribution in [3.05, 3.63) is 0 Å². The summed E-state index contributed by atoms with van der Waals surface area (Å²) < 4.78 is 0. The fourth-order valence-electron chi connectivity index (χ4n) is 2.40. The second kappa shape index (κ2) is 2.76. The molecule has 0 aromatic carbocycles. The van der Waals surface area contributed by atoms with Gasteiger partial charge in [0, 0.05) is 19.1 Å². The van der Waals surface area contributed by atoms with Gasteiger partial charge < -0.3 is 9.80 Å². The molecule has 0 saturated carbocycles. The molecule has 2 nitrogen and oxygen atoms in total. The second-order valence-electron chi connectivity index (χ2n) is 4.27. The van der Waals surface area contributed by atoms with Crippen LogP contribution in [-0.4, -0.2) is 49.6 Å². The lowest BCUT2D eigenvalue weighted by Gasteiger charge is -2.34. The van der Waals surface area contributed by atoms with Gasteiger partial charge in [-0.05, 0) is 39.4 Å². The largest absolute Gasteiger partial charge is 0.305 e. The molecular formula is C9H18N2. The summed E-state index contributed by atoms with van der Waals surface area (Å²) in [6, 6.07) is 0.830. The summed E-state index contributed by atoms with van der Waals surface area (Å²) in [4.78, 5) is 4.99. The molecular weight excluding hydrogens is 136 g/mol. The first kappa shape index (κ1) is 7.56. The van der Waals surface area contributed by atoms with Crippen LogP contribution >= 0.6 is 0 Å². The van der Waals surface area contributed by atoms with Gasteiger partial charge in [0.15, 0.2) is 0 Å². The third-order valence-electron chi connectivity index (χ3n) is 3.17. The zero-order valence-corrected chi connectivity index (χ0v) is 7.58. The summed E-state index contributed by atoms with van der Waals surface area (Å²) in [5.74, 6) is 1.01. The van der Waals surface area contributed by atoms with Gasteiger partial charge in [0.05, 0.1) is 0 Å². The van der Waals surface area contributed by atoms with Crippen LogP contribution in [0.25, 0.3) is 0 Å². The van der Waals surface area contributed by atoms with E-state index in [1.54, 1.807) is 0 Å². The van der Waals surface area contributed by atoms with Crippen molar-refractivity contribution in [2.24, 2.45) is 5.92 Å². The molecule has 0 aliphatic carbocycles. The molecule has 2 fully saturated rings. The van der Waals surface area contributed by atoms with Gasteiger partial charge in [-0.2, -0.15) is 0 Å². The topological polar surface area (TPSA) is 6.48 Å². The highest BCUT2D eigenvalue weighted by Gasteiger charge is 2.32. The maximum atomic E-state index is 2.61. The van der Waals surface area contributed by atoms with E-state index in [1.807, 2.05) is 0 Å². The molecule has 2 aliphatic rings. The number of nitrogens with zero attached hydrogens (tertiary/aromatic N) is 2. The summed E-state index contributed by atoms with van der Waals surface area (Å²) >= 11 is 0. The summed E-state index contributed by atoms with van der Waals surface area (Å²) in [6.07, 6.45) is 2.88. The average Bonchev–Trinajstić information content (AvgIpc) is 2.30. The summed E-state index contributed by atoms with van der Waals surface area (Å²) in [5.41, 5.74) is 0. The maximum absolute atomic E-state index is 2.61. The van der Waals surface area contributed by atoms with Gasteiger partial charge in [-0.25, -0.2) is 0 Å². The lowest BCUT2D eigenvalue weighted by atomic mass is 9.96. The molecule has 2 rings (SSSR count). The van der Waals surface area contributed by atoms with Crippen LogP contribution in [0.4, 0.5) is 0 Å². The molecule has 0 aromatic heterocycles. The first-order chi connectivity index (χ1) is 5.25. The Morgan fingerprint density at radius 3 is 2.73 bits per heavy atom. The van der Waals surface area contributed by atoms with Gasteiger partial charge in [0.25, 0.3) is 0 Å². The molecule has 0 radical (unpaired) electrons. The molecule has 0 amide bonds. The van der Waals surface area contributed by atoms with E-state index in [-0.39, 0.29) is 0 Å². The normalized spacial score (nSPS) is 43.4. The minimum atomic E-state index is 0.830.